The molecule has 102 valence electrons. The maximum atomic E-state index is 12.4. The summed E-state index contributed by atoms with van der Waals surface area (Å²) in [5.41, 5.74) is 0.136. The molecular formula is C14H18N2O2S. The number of carbonyl (C=O) groups excluding carboxylic acids is 2. The van der Waals surface area contributed by atoms with E-state index in [4.69, 9.17) is 0 Å². The summed E-state index contributed by atoms with van der Waals surface area (Å²) in [6.07, 6.45) is 0.693. The molecule has 2 rings (SSSR count). The van der Waals surface area contributed by atoms with Gasteiger partial charge in [-0.15, -0.1) is 12.6 Å². The molecule has 0 aliphatic carbocycles. The van der Waals surface area contributed by atoms with Gasteiger partial charge in [-0.3, -0.25) is 9.59 Å². The van der Waals surface area contributed by atoms with Gasteiger partial charge in [0.2, 0.25) is 5.91 Å². The van der Waals surface area contributed by atoms with E-state index >= 15 is 0 Å². The molecule has 0 bridgehead atoms. The summed E-state index contributed by atoms with van der Waals surface area (Å²) >= 11 is 4.24. The van der Waals surface area contributed by atoms with Crippen molar-refractivity contribution in [3.63, 3.8) is 0 Å². The van der Waals surface area contributed by atoms with Gasteiger partial charge in [0.25, 0.3) is 5.91 Å². The van der Waals surface area contributed by atoms with Crippen LogP contribution in [0.1, 0.15) is 23.7 Å². The van der Waals surface area contributed by atoms with Gasteiger partial charge in [0.15, 0.2) is 0 Å². The van der Waals surface area contributed by atoms with Crippen LogP contribution in [0.15, 0.2) is 29.2 Å². The number of thiol groups is 1. The second-order valence-electron chi connectivity index (χ2n) is 5.17. The number of hydrogen-bond acceptors (Lipinski definition) is 3. The van der Waals surface area contributed by atoms with E-state index in [0.29, 0.717) is 25.1 Å². The average Bonchev–Trinajstić information content (AvgIpc) is 2.81. The highest BCUT2D eigenvalue weighted by atomic mass is 32.1. The molecule has 1 aromatic carbocycles. The molecule has 0 aromatic heterocycles. The van der Waals surface area contributed by atoms with Crippen LogP contribution in [0.4, 0.5) is 0 Å². The molecular weight excluding hydrogens is 260 g/mol. The Bertz CT molecular complexity index is 518. The number of hydrogen-bond donors (Lipinski definition) is 2. The zero-order valence-electron chi connectivity index (χ0n) is 11.1. The first kappa shape index (κ1) is 13.9. The average molecular weight is 278 g/mol. The molecule has 0 saturated carbocycles. The number of benzene rings is 1. The second-order valence-corrected chi connectivity index (χ2v) is 5.68. The van der Waals surface area contributed by atoms with Crippen LogP contribution < -0.4 is 5.32 Å². The van der Waals surface area contributed by atoms with E-state index < -0.39 is 5.41 Å². The third kappa shape index (κ3) is 2.76. The van der Waals surface area contributed by atoms with Crippen molar-refractivity contribution in [2.75, 3.05) is 20.1 Å². The first-order valence-electron chi connectivity index (χ1n) is 6.27. The highest BCUT2D eigenvalue weighted by molar-refractivity contribution is 7.80. The number of nitrogens with one attached hydrogen (secondary N) is 1. The van der Waals surface area contributed by atoms with Crippen LogP contribution >= 0.6 is 12.6 Å². The zero-order chi connectivity index (χ0) is 14.0. The van der Waals surface area contributed by atoms with Gasteiger partial charge in [0.05, 0.1) is 5.41 Å². The minimum Gasteiger partial charge on any atom is -0.359 e. The van der Waals surface area contributed by atoms with E-state index in [-0.39, 0.29) is 11.8 Å². The minimum atomic E-state index is -0.483. The molecule has 0 spiro atoms. The summed E-state index contributed by atoms with van der Waals surface area (Å²) in [6, 6.07) is 7.17. The van der Waals surface area contributed by atoms with Crippen molar-refractivity contribution in [1.82, 2.24) is 10.2 Å². The van der Waals surface area contributed by atoms with Crippen LogP contribution in [0.3, 0.4) is 0 Å². The molecule has 1 atom stereocenters. The van der Waals surface area contributed by atoms with Gasteiger partial charge in [0, 0.05) is 30.6 Å². The fourth-order valence-corrected chi connectivity index (χ4v) is 2.67. The van der Waals surface area contributed by atoms with Crippen molar-refractivity contribution in [3.05, 3.63) is 29.8 Å². The summed E-state index contributed by atoms with van der Waals surface area (Å²) in [7, 11) is 1.63. The monoisotopic (exact) mass is 278 g/mol. The third-order valence-corrected chi connectivity index (χ3v) is 3.91. The Morgan fingerprint density at radius 3 is 2.79 bits per heavy atom. The highest BCUT2D eigenvalue weighted by Crippen LogP contribution is 2.31. The Kier molecular flexibility index (Phi) is 3.85. The lowest BCUT2D eigenvalue weighted by Gasteiger charge is -2.22. The second kappa shape index (κ2) is 5.25. The first-order valence-corrected chi connectivity index (χ1v) is 6.71. The number of amides is 2. The standard InChI is InChI=1S/C14H18N2O2S/c1-14(13(18)15-2)6-7-16(9-14)12(17)10-4-3-5-11(19)8-10/h3-5,8,19H,6-7,9H2,1-2H3,(H,15,18). The lowest BCUT2D eigenvalue weighted by atomic mass is 9.89. The maximum Gasteiger partial charge on any atom is 0.253 e. The Morgan fingerprint density at radius 2 is 2.16 bits per heavy atom. The summed E-state index contributed by atoms with van der Waals surface area (Å²) < 4.78 is 0. The van der Waals surface area contributed by atoms with Gasteiger partial charge < -0.3 is 10.2 Å². The van der Waals surface area contributed by atoms with Gasteiger partial charge in [-0.2, -0.15) is 0 Å². The lowest BCUT2D eigenvalue weighted by Crippen LogP contribution is -2.40. The predicted octanol–water partition coefficient (Wildman–Crippen LogP) is 1.57. The fraction of sp³-hybridized carbons (Fsp3) is 0.429. The van der Waals surface area contributed by atoms with Crippen molar-refractivity contribution in [2.45, 2.75) is 18.2 Å². The zero-order valence-corrected chi connectivity index (χ0v) is 12.0. The smallest absolute Gasteiger partial charge is 0.253 e. The highest BCUT2D eigenvalue weighted by Gasteiger charge is 2.41. The van der Waals surface area contributed by atoms with Gasteiger partial charge in [-0.25, -0.2) is 0 Å². The van der Waals surface area contributed by atoms with Crippen LogP contribution in [0, 0.1) is 5.41 Å². The largest absolute Gasteiger partial charge is 0.359 e. The molecule has 2 amide bonds. The number of likely N-dealkylation sites (tertiary alicyclic amines) is 1. The molecule has 1 aromatic rings. The van der Waals surface area contributed by atoms with E-state index in [0.717, 1.165) is 4.90 Å². The summed E-state index contributed by atoms with van der Waals surface area (Å²) in [5, 5.41) is 2.67. The summed E-state index contributed by atoms with van der Waals surface area (Å²) in [5.74, 6) is -0.0470. The molecule has 5 heteroatoms. The predicted molar refractivity (Wildman–Crippen MR) is 76.4 cm³/mol. The van der Waals surface area contributed by atoms with Gasteiger partial charge in [-0.05, 0) is 31.5 Å². The van der Waals surface area contributed by atoms with Gasteiger partial charge >= 0.3 is 0 Å². The molecule has 1 unspecified atom stereocenters. The van der Waals surface area contributed by atoms with Crippen LogP contribution in [-0.4, -0.2) is 36.9 Å². The van der Waals surface area contributed by atoms with Crippen molar-refractivity contribution in [3.8, 4) is 0 Å². The SMILES string of the molecule is CNC(=O)C1(C)CCN(C(=O)c2cccc(S)c2)C1. The number of carbonyl (C=O) groups is 2. The topological polar surface area (TPSA) is 49.4 Å². The Balaban J connectivity index is 2.13. The lowest BCUT2D eigenvalue weighted by molar-refractivity contribution is -0.128. The van der Waals surface area contributed by atoms with Crippen LogP contribution in [0.5, 0.6) is 0 Å². The normalized spacial score (nSPS) is 22.4. The maximum absolute atomic E-state index is 12.4. The Hall–Kier alpha value is -1.49. The third-order valence-electron chi connectivity index (χ3n) is 3.63. The molecule has 1 N–H and O–H groups in total. The molecule has 1 aliphatic rings. The molecule has 4 nitrogen and oxygen atoms in total. The summed E-state index contributed by atoms with van der Waals surface area (Å²) in [4.78, 5) is 26.7. The van der Waals surface area contributed by atoms with Crippen LogP contribution in [-0.2, 0) is 4.79 Å². The van der Waals surface area contributed by atoms with Crippen molar-refractivity contribution in [2.24, 2.45) is 5.41 Å². The molecule has 1 fully saturated rings. The molecule has 1 saturated heterocycles. The van der Waals surface area contributed by atoms with E-state index in [1.807, 2.05) is 19.1 Å². The van der Waals surface area contributed by atoms with Crippen LogP contribution in [0.25, 0.3) is 0 Å². The van der Waals surface area contributed by atoms with Crippen molar-refractivity contribution in [1.29, 1.82) is 0 Å². The van der Waals surface area contributed by atoms with Crippen molar-refractivity contribution >= 4 is 24.4 Å². The molecule has 1 heterocycles. The van der Waals surface area contributed by atoms with Gasteiger partial charge in [-0.1, -0.05) is 6.07 Å². The minimum absolute atomic E-state index is 0.00857. The fourth-order valence-electron chi connectivity index (χ4n) is 2.44. The van der Waals surface area contributed by atoms with E-state index in [1.165, 1.54) is 0 Å². The Labute approximate surface area is 118 Å². The van der Waals surface area contributed by atoms with Gasteiger partial charge in [0.1, 0.15) is 0 Å². The quantitative estimate of drug-likeness (QED) is 0.807. The van der Waals surface area contributed by atoms with E-state index in [2.05, 4.69) is 17.9 Å². The molecule has 1 aliphatic heterocycles. The first-order chi connectivity index (χ1) is 8.96. The number of rotatable bonds is 2. The van der Waals surface area contributed by atoms with E-state index in [9.17, 15) is 9.59 Å². The van der Waals surface area contributed by atoms with E-state index in [1.54, 1.807) is 24.1 Å². The molecule has 19 heavy (non-hydrogen) atoms. The number of nitrogens with zero attached hydrogens (tertiary/aromatic N) is 1. The molecule has 0 radical (unpaired) electrons. The Morgan fingerprint density at radius 1 is 1.42 bits per heavy atom. The van der Waals surface area contributed by atoms with Crippen LogP contribution in [0.2, 0.25) is 0 Å². The summed E-state index contributed by atoms with van der Waals surface area (Å²) in [6.45, 7) is 2.97. The van der Waals surface area contributed by atoms with Crippen molar-refractivity contribution < 1.29 is 9.59 Å².